The van der Waals surface area contributed by atoms with Crippen LogP contribution in [-0.4, -0.2) is 29.1 Å². The van der Waals surface area contributed by atoms with Crippen LogP contribution in [0, 0.1) is 0 Å². The van der Waals surface area contributed by atoms with Crippen LogP contribution in [0.15, 0.2) is 103 Å². The molecule has 7 heteroatoms. The first-order valence-corrected chi connectivity index (χ1v) is 11.3. The molecule has 182 valence electrons. The lowest BCUT2D eigenvalue weighted by molar-refractivity contribution is 0.0597. The highest BCUT2D eigenvalue weighted by molar-refractivity contribution is 5.94. The molecule has 0 aliphatic heterocycles. The largest absolute Gasteiger partial charge is 0.507 e. The summed E-state index contributed by atoms with van der Waals surface area (Å²) < 4.78 is 10.5. The molecule has 0 atom stereocenters. The Bertz CT molecular complexity index is 1310. The normalized spacial score (nSPS) is 10.4. The topological polar surface area (TPSA) is 88.1 Å². The third kappa shape index (κ3) is 6.42. The van der Waals surface area contributed by atoms with Crippen molar-refractivity contribution in [2.75, 3.05) is 12.4 Å². The highest BCUT2D eigenvalue weighted by Gasteiger charge is 2.17. The Hall–Kier alpha value is -4.78. The number of nitrogens with one attached hydrogen (secondary N) is 1. The maximum atomic E-state index is 13.2. The number of hydrogen-bond acceptors (Lipinski definition) is 5. The van der Waals surface area contributed by atoms with Gasteiger partial charge in [-0.1, -0.05) is 60.7 Å². The van der Waals surface area contributed by atoms with E-state index in [9.17, 15) is 14.7 Å². The third-order valence-electron chi connectivity index (χ3n) is 5.43. The molecule has 0 aliphatic carbocycles. The summed E-state index contributed by atoms with van der Waals surface area (Å²) in [6, 6.07) is 30.7. The number of phenolic OH excluding ortho intramolecular Hbond substituents is 1. The van der Waals surface area contributed by atoms with Gasteiger partial charge >= 0.3 is 12.0 Å². The SMILES string of the molecule is COC(=O)c1ccc(NC(=O)N(Cc2ccccc2)Cc2ccc(Oc3ccccc3)cc2)cc1O. The van der Waals surface area contributed by atoms with Crippen molar-refractivity contribution in [2.24, 2.45) is 0 Å². The van der Waals surface area contributed by atoms with E-state index in [4.69, 9.17) is 4.74 Å². The molecule has 0 saturated heterocycles. The maximum absolute atomic E-state index is 13.2. The zero-order valence-corrected chi connectivity index (χ0v) is 19.8. The van der Waals surface area contributed by atoms with Crippen LogP contribution in [0.4, 0.5) is 10.5 Å². The first-order chi connectivity index (χ1) is 17.5. The van der Waals surface area contributed by atoms with Crippen molar-refractivity contribution in [2.45, 2.75) is 13.1 Å². The maximum Gasteiger partial charge on any atom is 0.341 e. The minimum Gasteiger partial charge on any atom is -0.507 e. The van der Waals surface area contributed by atoms with Crippen LogP contribution in [-0.2, 0) is 17.8 Å². The van der Waals surface area contributed by atoms with Gasteiger partial charge in [0.25, 0.3) is 0 Å². The van der Waals surface area contributed by atoms with Crippen LogP contribution in [0.2, 0.25) is 0 Å². The summed E-state index contributed by atoms with van der Waals surface area (Å²) in [5, 5.41) is 13.0. The lowest BCUT2D eigenvalue weighted by atomic mass is 10.1. The Morgan fingerprint density at radius 1 is 0.778 bits per heavy atom. The second-order valence-corrected chi connectivity index (χ2v) is 8.05. The monoisotopic (exact) mass is 482 g/mol. The van der Waals surface area contributed by atoms with E-state index in [1.165, 1.54) is 19.2 Å². The molecule has 4 aromatic carbocycles. The van der Waals surface area contributed by atoms with E-state index in [-0.39, 0.29) is 17.3 Å². The van der Waals surface area contributed by atoms with Gasteiger partial charge in [0.05, 0.1) is 7.11 Å². The molecule has 0 bridgehead atoms. The quantitative estimate of drug-likeness (QED) is 0.292. The number of carbonyl (C=O) groups excluding carboxylic acids is 2. The van der Waals surface area contributed by atoms with Crippen molar-refractivity contribution in [3.8, 4) is 17.2 Å². The van der Waals surface area contributed by atoms with Gasteiger partial charge in [-0.05, 0) is 47.5 Å². The molecule has 2 N–H and O–H groups in total. The third-order valence-corrected chi connectivity index (χ3v) is 5.43. The summed E-state index contributed by atoms with van der Waals surface area (Å²) >= 11 is 0. The van der Waals surface area contributed by atoms with Crippen LogP contribution in [0.25, 0.3) is 0 Å². The molecule has 2 amide bonds. The Morgan fingerprint density at radius 2 is 1.36 bits per heavy atom. The molecule has 36 heavy (non-hydrogen) atoms. The molecule has 0 spiro atoms. The smallest absolute Gasteiger partial charge is 0.341 e. The number of carbonyl (C=O) groups is 2. The fourth-order valence-corrected chi connectivity index (χ4v) is 3.61. The van der Waals surface area contributed by atoms with Gasteiger partial charge in [-0.2, -0.15) is 0 Å². The molecule has 0 heterocycles. The molecular weight excluding hydrogens is 456 g/mol. The molecule has 0 aromatic heterocycles. The molecule has 0 unspecified atom stereocenters. The van der Waals surface area contributed by atoms with Gasteiger partial charge in [0.15, 0.2) is 0 Å². The van der Waals surface area contributed by atoms with Gasteiger partial charge < -0.3 is 24.8 Å². The van der Waals surface area contributed by atoms with Crippen molar-refractivity contribution in [1.29, 1.82) is 0 Å². The van der Waals surface area contributed by atoms with E-state index in [1.54, 1.807) is 11.0 Å². The summed E-state index contributed by atoms with van der Waals surface area (Å²) in [6.45, 7) is 0.722. The van der Waals surface area contributed by atoms with Crippen LogP contribution < -0.4 is 10.1 Å². The standard InChI is InChI=1S/C29H26N2O5/c1-35-28(33)26-17-14-23(18-27(26)32)30-29(34)31(19-21-8-4-2-5-9-21)20-22-12-15-25(16-13-22)36-24-10-6-3-7-11-24/h2-18,32H,19-20H2,1H3,(H,30,34). The van der Waals surface area contributed by atoms with Gasteiger partial charge in [0.2, 0.25) is 0 Å². The van der Waals surface area contributed by atoms with Gasteiger partial charge in [0.1, 0.15) is 22.8 Å². The predicted octanol–water partition coefficient (Wildman–Crippen LogP) is 6.21. The Labute approximate surface area is 209 Å². The molecule has 0 aliphatic rings. The molecule has 4 aromatic rings. The Kier molecular flexibility index (Phi) is 7.83. The van der Waals surface area contributed by atoms with E-state index >= 15 is 0 Å². The number of amides is 2. The summed E-state index contributed by atoms with van der Waals surface area (Å²) in [5.74, 6) is 0.515. The second-order valence-electron chi connectivity index (χ2n) is 8.05. The summed E-state index contributed by atoms with van der Waals surface area (Å²) in [5.41, 5.74) is 2.27. The van der Waals surface area contributed by atoms with Crippen molar-refractivity contribution >= 4 is 17.7 Å². The van der Waals surface area contributed by atoms with E-state index in [1.807, 2.05) is 84.9 Å². The minimum atomic E-state index is -0.657. The lowest BCUT2D eigenvalue weighted by Crippen LogP contribution is -2.34. The number of methoxy groups -OCH3 is 1. The molecule has 7 nitrogen and oxygen atoms in total. The van der Waals surface area contributed by atoms with E-state index in [2.05, 4.69) is 10.1 Å². The average molecular weight is 483 g/mol. The summed E-state index contributed by atoms with van der Waals surface area (Å²) in [6.07, 6.45) is 0. The van der Waals surface area contributed by atoms with Crippen molar-refractivity contribution in [3.05, 3.63) is 120 Å². The van der Waals surface area contributed by atoms with E-state index < -0.39 is 5.97 Å². The van der Waals surface area contributed by atoms with Crippen LogP contribution in [0.5, 0.6) is 17.2 Å². The number of rotatable bonds is 8. The highest BCUT2D eigenvalue weighted by Crippen LogP contribution is 2.24. The van der Waals surface area contributed by atoms with Gasteiger partial charge in [-0.15, -0.1) is 0 Å². The number of phenols is 1. The number of urea groups is 1. The molecular formula is C29H26N2O5. The second kappa shape index (κ2) is 11.6. The summed E-state index contributed by atoms with van der Waals surface area (Å²) in [7, 11) is 1.24. The zero-order valence-electron chi connectivity index (χ0n) is 19.8. The molecule has 0 radical (unpaired) electrons. The Morgan fingerprint density at radius 3 is 1.97 bits per heavy atom. The number of para-hydroxylation sites is 1. The fraction of sp³-hybridized carbons (Fsp3) is 0.103. The van der Waals surface area contributed by atoms with Gasteiger partial charge in [-0.3, -0.25) is 0 Å². The molecule has 4 rings (SSSR count). The van der Waals surface area contributed by atoms with E-state index in [0.717, 1.165) is 16.9 Å². The number of anilines is 1. The number of hydrogen-bond donors (Lipinski definition) is 2. The van der Waals surface area contributed by atoms with Crippen molar-refractivity contribution in [1.82, 2.24) is 4.90 Å². The molecule has 0 saturated carbocycles. The average Bonchev–Trinajstić information content (AvgIpc) is 2.90. The first kappa shape index (κ1) is 24.3. The number of benzene rings is 4. The van der Waals surface area contributed by atoms with Crippen LogP contribution in [0.1, 0.15) is 21.5 Å². The Balaban J connectivity index is 1.49. The zero-order chi connectivity index (χ0) is 25.3. The fourth-order valence-electron chi connectivity index (χ4n) is 3.61. The number of ether oxygens (including phenoxy) is 2. The minimum absolute atomic E-state index is 0.0226. The number of esters is 1. The first-order valence-electron chi connectivity index (χ1n) is 11.3. The van der Waals surface area contributed by atoms with Crippen molar-refractivity contribution in [3.63, 3.8) is 0 Å². The van der Waals surface area contributed by atoms with Gasteiger partial charge in [0, 0.05) is 24.8 Å². The molecule has 0 fully saturated rings. The number of aromatic hydroxyl groups is 1. The lowest BCUT2D eigenvalue weighted by Gasteiger charge is -2.24. The number of nitrogens with zero attached hydrogens (tertiary/aromatic N) is 1. The van der Waals surface area contributed by atoms with Gasteiger partial charge in [-0.25, -0.2) is 9.59 Å². The van der Waals surface area contributed by atoms with Crippen LogP contribution in [0.3, 0.4) is 0 Å². The highest BCUT2D eigenvalue weighted by atomic mass is 16.5. The van der Waals surface area contributed by atoms with E-state index in [0.29, 0.717) is 24.5 Å². The predicted molar refractivity (Wildman–Crippen MR) is 137 cm³/mol. The summed E-state index contributed by atoms with van der Waals surface area (Å²) in [4.78, 5) is 26.6. The van der Waals surface area contributed by atoms with Crippen molar-refractivity contribution < 1.29 is 24.2 Å². The van der Waals surface area contributed by atoms with Crippen LogP contribution >= 0.6 is 0 Å².